The van der Waals surface area contributed by atoms with Crippen LogP contribution in [0.15, 0.2) is 29.2 Å². The van der Waals surface area contributed by atoms with Crippen LogP contribution in [0.4, 0.5) is 10.5 Å². The van der Waals surface area contributed by atoms with Crippen LogP contribution in [0, 0.1) is 0 Å². The molecule has 0 bridgehead atoms. The van der Waals surface area contributed by atoms with Gasteiger partial charge >= 0.3 is 6.03 Å². The third-order valence-electron chi connectivity index (χ3n) is 3.41. The van der Waals surface area contributed by atoms with Crippen LogP contribution in [0.2, 0.25) is 0 Å². The van der Waals surface area contributed by atoms with Crippen LogP contribution in [-0.2, 0) is 10.0 Å². The quantitative estimate of drug-likeness (QED) is 0.892. The fraction of sp³-hybridized carbons (Fsp3) is 0.500. The van der Waals surface area contributed by atoms with Gasteiger partial charge in [-0.25, -0.2) is 13.2 Å². The van der Waals surface area contributed by atoms with E-state index in [9.17, 15) is 13.2 Å². The van der Waals surface area contributed by atoms with Gasteiger partial charge in [-0.15, -0.1) is 0 Å². The number of hydrogen-bond donors (Lipinski definition) is 2. The largest absolute Gasteiger partial charge is 0.338 e. The smallest absolute Gasteiger partial charge is 0.319 e. The number of sulfonamides is 1. The molecule has 1 aliphatic rings. The first-order valence-electron chi connectivity index (χ1n) is 7.19. The van der Waals surface area contributed by atoms with E-state index in [1.54, 1.807) is 25.1 Å². The van der Waals surface area contributed by atoms with Crippen LogP contribution in [-0.4, -0.2) is 38.4 Å². The number of hydrogen-bond acceptors (Lipinski definition) is 3. The summed E-state index contributed by atoms with van der Waals surface area (Å²) in [7, 11) is -3.56. The van der Waals surface area contributed by atoms with Crippen molar-refractivity contribution in [3.05, 3.63) is 24.3 Å². The van der Waals surface area contributed by atoms with Crippen molar-refractivity contribution < 1.29 is 13.2 Å². The topological polar surface area (TPSA) is 78.5 Å². The summed E-state index contributed by atoms with van der Waals surface area (Å²) in [5.41, 5.74) is 0.314. The van der Waals surface area contributed by atoms with Crippen LogP contribution < -0.4 is 10.6 Å². The van der Waals surface area contributed by atoms with Crippen molar-refractivity contribution in [1.29, 1.82) is 0 Å². The third-order valence-corrected chi connectivity index (χ3v) is 5.36. The highest BCUT2D eigenvalue weighted by atomic mass is 32.2. The molecule has 2 N–H and O–H groups in total. The Kier molecular flexibility index (Phi) is 5.19. The molecule has 1 saturated heterocycles. The zero-order valence-electron chi connectivity index (χ0n) is 12.1. The first kappa shape index (κ1) is 15.8. The Morgan fingerprint density at radius 2 is 1.86 bits per heavy atom. The average molecular weight is 311 g/mol. The SMILES string of the molecule is CCNC(=O)Nc1ccccc1S(=O)(=O)N1CCCCC1. The van der Waals surface area contributed by atoms with Crippen LogP contribution >= 0.6 is 0 Å². The minimum absolute atomic E-state index is 0.151. The number of para-hydroxylation sites is 1. The van der Waals surface area contributed by atoms with Crippen molar-refractivity contribution in [1.82, 2.24) is 9.62 Å². The Bertz CT molecular complexity index is 595. The van der Waals surface area contributed by atoms with Crippen LogP contribution in [0.25, 0.3) is 0 Å². The molecule has 0 unspecified atom stereocenters. The second kappa shape index (κ2) is 6.91. The standard InChI is InChI=1S/C14H21N3O3S/c1-2-15-14(18)16-12-8-4-5-9-13(12)21(19,20)17-10-6-3-7-11-17/h4-5,8-9H,2-3,6-7,10-11H2,1H3,(H2,15,16,18). The van der Waals surface area contributed by atoms with Crippen molar-refractivity contribution in [2.75, 3.05) is 25.0 Å². The number of benzene rings is 1. The minimum Gasteiger partial charge on any atom is -0.338 e. The predicted octanol–water partition coefficient (Wildman–Crippen LogP) is 2.00. The minimum atomic E-state index is -3.56. The van der Waals surface area contributed by atoms with Crippen molar-refractivity contribution in [3.8, 4) is 0 Å². The van der Waals surface area contributed by atoms with E-state index in [2.05, 4.69) is 10.6 Å². The van der Waals surface area contributed by atoms with E-state index in [0.717, 1.165) is 19.3 Å². The molecule has 6 nitrogen and oxygen atoms in total. The molecule has 2 rings (SSSR count). The molecule has 1 heterocycles. The first-order valence-corrected chi connectivity index (χ1v) is 8.63. The fourth-order valence-electron chi connectivity index (χ4n) is 2.37. The number of anilines is 1. The maximum Gasteiger partial charge on any atom is 0.319 e. The molecule has 116 valence electrons. The Balaban J connectivity index is 2.28. The van der Waals surface area contributed by atoms with Crippen molar-refractivity contribution in [2.45, 2.75) is 31.1 Å². The lowest BCUT2D eigenvalue weighted by molar-refractivity contribution is 0.252. The molecule has 7 heteroatoms. The van der Waals surface area contributed by atoms with Crippen molar-refractivity contribution in [3.63, 3.8) is 0 Å². The van der Waals surface area contributed by atoms with Gasteiger partial charge in [0.15, 0.2) is 0 Å². The van der Waals surface area contributed by atoms with Crippen LogP contribution in [0.3, 0.4) is 0 Å². The molecule has 0 aromatic heterocycles. The molecule has 2 amide bonds. The summed E-state index contributed by atoms with van der Waals surface area (Å²) in [6.45, 7) is 3.36. The summed E-state index contributed by atoms with van der Waals surface area (Å²) in [5.74, 6) is 0. The lowest BCUT2D eigenvalue weighted by Crippen LogP contribution is -2.36. The van der Waals surface area contributed by atoms with Gasteiger partial charge in [0.2, 0.25) is 10.0 Å². The van der Waals surface area contributed by atoms with Gasteiger partial charge in [0.1, 0.15) is 4.90 Å². The van der Waals surface area contributed by atoms with Gasteiger partial charge in [-0.2, -0.15) is 4.31 Å². The predicted molar refractivity (Wildman–Crippen MR) is 81.7 cm³/mol. The van der Waals surface area contributed by atoms with Gasteiger partial charge < -0.3 is 10.6 Å². The summed E-state index contributed by atoms with van der Waals surface area (Å²) >= 11 is 0. The van der Waals surface area contributed by atoms with Crippen LogP contribution in [0.5, 0.6) is 0 Å². The molecule has 0 saturated carbocycles. The molecule has 1 aromatic carbocycles. The molecule has 0 aliphatic carbocycles. The summed E-state index contributed by atoms with van der Waals surface area (Å²) in [6, 6.07) is 6.10. The number of nitrogens with zero attached hydrogens (tertiary/aromatic N) is 1. The number of carbonyl (C=O) groups excluding carboxylic acids is 1. The van der Waals surface area contributed by atoms with Crippen LogP contribution in [0.1, 0.15) is 26.2 Å². The Hall–Kier alpha value is -1.60. The molecule has 21 heavy (non-hydrogen) atoms. The lowest BCUT2D eigenvalue weighted by atomic mass is 10.2. The van der Waals surface area contributed by atoms with E-state index in [4.69, 9.17) is 0 Å². The van der Waals surface area contributed by atoms with E-state index >= 15 is 0 Å². The van der Waals surface area contributed by atoms with E-state index < -0.39 is 16.1 Å². The van der Waals surface area contributed by atoms with E-state index in [1.807, 2.05) is 0 Å². The first-order chi connectivity index (χ1) is 10.1. The number of piperidine rings is 1. The second-order valence-corrected chi connectivity index (χ2v) is 6.85. The van der Waals surface area contributed by atoms with Gasteiger partial charge in [-0.1, -0.05) is 18.6 Å². The summed E-state index contributed by atoms with van der Waals surface area (Å²) in [5, 5.41) is 5.19. The summed E-state index contributed by atoms with van der Waals surface area (Å²) in [6.07, 6.45) is 2.82. The molecule has 0 spiro atoms. The van der Waals surface area contributed by atoms with Gasteiger partial charge in [0.25, 0.3) is 0 Å². The maximum absolute atomic E-state index is 12.7. The zero-order chi connectivity index (χ0) is 15.3. The summed E-state index contributed by atoms with van der Waals surface area (Å²) < 4.78 is 26.9. The number of urea groups is 1. The molecule has 1 aliphatic heterocycles. The maximum atomic E-state index is 12.7. The van der Waals surface area contributed by atoms with E-state index in [0.29, 0.717) is 25.3 Å². The number of rotatable bonds is 4. The monoisotopic (exact) mass is 311 g/mol. The Morgan fingerprint density at radius 3 is 2.52 bits per heavy atom. The van der Waals surface area contributed by atoms with Gasteiger partial charge in [-0.3, -0.25) is 0 Å². The van der Waals surface area contributed by atoms with Gasteiger partial charge in [0, 0.05) is 19.6 Å². The average Bonchev–Trinajstić information content (AvgIpc) is 2.49. The number of carbonyl (C=O) groups is 1. The van der Waals surface area contributed by atoms with Crippen molar-refractivity contribution >= 4 is 21.7 Å². The Morgan fingerprint density at radius 1 is 1.19 bits per heavy atom. The molecule has 1 fully saturated rings. The van der Waals surface area contributed by atoms with Gasteiger partial charge in [0.05, 0.1) is 5.69 Å². The van der Waals surface area contributed by atoms with E-state index in [1.165, 1.54) is 10.4 Å². The summed E-state index contributed by atoms with van der Waals surface area (Å²) in [4.78, 5) is 11.8. The second-order valence-electron chi connectivity index (χ2n) is 4.95. The molecular formula is C14H21N3O3S. The highest BCUT2D eigenvalue weighted by Crippen LogP contribution is 2.26. The third kappa shape index (κ3) is 3.74. The van der Waals surface area contributed by atoms with Crippen molar-refractivity contribution in [2.24, 2.45) is 0 Å². The fourth-order valence-corrected chi connectivity index (χ4v) is 4.03. The normalized spacial score (nSPS) is 16.4. The Labute approximate surface area is 125 Å². The van der Waals surface area contributed by atoms with Gasteiger partial charge in [-0.05, 0) is 31.9 Å². The lowest BCUT2D eigenvalue weighted by Gasteiger charge is -2.26. The molecule has 0 radical (unpaired) electrons. The van der Waals surface area contributed by atoms with E-state index in [-0.39, 0.29) is 4.90 Å². The zero-order valence-corrected chi connectivity index (χ0v) is 12.9. The highest BCUT2D eigenvalue weighted by molar-refractivity contribution is 7.89. The number of amides is 2. The number of nitrogens with one attached hydrogen (secondary N) is 2. The molecular weight excluding hydrogens is 290 g/mol. The molecule has 0 atom stereocenters. The highest BCUT2D eigenvalue weighted by Gasteiger charge is 2.28. The molecule has 1 aromatic rings.